The predicted molar refractivity (Wildman–Crippen MR) is 78.9 cm³/mol. The van der Waals surface area contributed by atoms with E-state index in [9.17, 15) is 14.9 Å². The molecule has 106 valence electrons. The zero-order chi connectivity index (χ0) is 15.2. The van der Waals surface area contributed by atoms with Crippen molar-refractivity contribution < 1.29 is 14.5 Å². The molecular weight excluding hydrogens is 270 g/mol. The number of nitro groups is 1. The van der Waals surface area contributed by atoms with Crippen molar-refractivity contribution in [2.45, 2.75) is 0 Å². The fourth-order valence-corrected chi connectivity index (χ4v) is 1.79. The molecule has 0 atom stereocenters. The van der Waals surface area contributed by atoms with Crippen molar-refractivity contribution in [3.05, 3.63) is 81.6 Å². The van der Waals surface area contributed by atoms with E-state index in [0.717, 1.165) is 0 Å². The third kappa shape index (κ3) is 3.54. The third-order valence-electron chi connectivity index (χ3n) is 2.88. The average Bonchev–Trinajstić information content (AvgIpc) is 2.53. The van der Waals surface area contributed by atoms with Crippen LogP contribution >= 0.6 is 0 Å². The number of Topliss-reactive ketones (excluding diaryl/α,β-unsaturated/α-hetero) is 1. The Hall–Kier alpha value is -2.95. The van der Waals surface area contributed by atoms with E-state index >= 15 is 0 Å². The van der Waals surface area contributed by atoms with Gasteiger partial charge in [-0.1, -0.05) is 30.3 Å². The summed E-state index contributed by atoms with van der Waals surface area (Å²) in [5.74, 6) is -0.0634. The fraction of sp³-hybridized carbons (Fsp3) is 0.0625. The van der Waals surface area contributed by atoms with Crippen molar-refractivity contribution in [2.75, 3.05) is 7.11 Å². The second-order valence-electron chi connectivity index (χ2n) is 4.26. The Morgan fingerprint density at radius 1 is 1.10 bits per heavy atom. The smallest absolute Gasteiger partial charge is 0.269 e. The molecule has 0 fully saturated rings. The topological polar surface area (TPSA) is 69.4 Å². The van der Waals surface area contributed by atoms with Gasteiger partial charge in [-0.15, -0.1) is 0 Å². The van der Waals surface area contributed by atoms with Crippen LogP contribution in [0, 0.1) is 10.1 Å². The molecule has 2 rings (SSSR count). The molecule has 0 aliphatic rings. The molecule has 0 aliphatic heterocycles. The van der Waals surface area contributed by atoms with E-state index in [1.807, 2.05) is 6.07 Å². The minimum Gasteiger partial charge on any atom is -0.493 e. The van der Waals surface area contributed by atoms with E-state index in [2.05, 4.69) is 0 Å². The zero-order valence-electron chi connectivity index (χ0n) is 11.4. The number of rotatable bonds is 5. The molecule has 0 aliphatic carbocycles. The number of ketones is 1. The lowest BCUT2D eigenvalue weighted by molar-refractivity contribution is -0.384. The average molecular weight is 283 g/mol. The van der Waals surface area contributed by atoms with Gasteiger partial charge in [0.1, 0.15) is 0 Å². The maximum Gasteiger partial charge on any atom is 0.269 e. The minimum atomic E-state index is -0.472. The summed E-state index contributed by atoms with van der Waals surface area (Å²) in [5, 5.41) is 10.6. The highest BCUT2D eigenvalue weighted by molar-refractivity contribution is 6.09. The molecule has 0 spiro atoms. The largest absolute Gasteiger partial charge is 0.493 e. The number of benzene rings is 2. The highest BCUT2D eigenvalue weighted by Gasteiger charge is 2.12. The Morgan fingerprint density at radius 2 is 1.71 bits per heavy atom. The lowest BCUT2D eigenvalue weighted by Crippen LogP contribution is -2.04. The molecule has 5 nitrogen and oxygen atoms in total. The van der Waals surface area contributed by atoms with Gasteiger partial charge < -0.3 is 4.74 Å². The number of carbonyl (C=O) groups is 1. The standard InChI is InChI=1S/C16H13NO4/c1-21-15(16(18)13-5-3-2-4-6-13)11-12-7-9-14(10-8-12)17(19)20/h2-11H,1H3. The number of methoxy groups -OCH3 is 1. The molecule has 0 N–H and O–H groups in total. The number of nitro benzene ring substituents is 1. The zero-order valence-corrected chi connectivity index (χ0v) is 11.4. The van der Waals surface area contributed by atoms with E-state index < -0.39 is 4.92 Å². The third-order valence-corrected chi connectivity index (χ3v) is 2.88. The Bertz CT molecular complexity index is 675. The lowest BCUT2D eigenvalue weighted by atomic mass is 10.1. The first kappa shape index (κ1) is 14.5. The van der Waals surface area contributed by atoms with Crippen LogP contribution in [0.15, 0.2) is 60.4 Å². The molecule has 0 unspecified atom stereocenters. The molecule has 2 aromatic carbocycles. The van der Waals surface area contributed by atoms with E-state index in [1.165, 1.54) is 19.2 Å². The first-order valence-electron chi connectivity index (χ1n) is 6.21. The van der Waals surface area contributed by atoms with Gasteiger partial charge in [0.25, 0.3) is 5.69 Å². The van der Waals surface area contributed by atoms with Crippen molar-refractivity contribution in [3.8, 4) is 0 Å². The van der Waals surface area contributed by atoms with E-state index in [1.54, 1.807) is 42.5 Å². The van der Waals surface area contributed by atoms with Crippen molar-refractivity contribution in [1.29, 1.82) is 0 Å². The van der Waals surface area contributed by atoms with Gasteiger partial charge in [0.15, 0.2) is 5.76 Å². The molecule has 0 bridgehead atoms. The van der Waals surface area contributed by atoms with Crippen LogP contribution in [-0.4, -0.2) is 17.8 Å². The highest BCUT2D eigenvalue weighted by atomic mass is 16.6. The van der Waals surface area contributed by atoms with E-state index in [0.29, 0.717) is 11.1 Å². The van der Waals surface area contributed by atoms with Gasteiger partial charge in [-0.05, 0) is 23.8 Å². The molecular formula is C16H13NO4. The summed E-state index contributed by atoms with van der Waals surface area (Å²) >= 11 is 0. The molecule has 0 aromatic heterocycles. The maximum absolute atomic E-state index is 12.3. The molecule has 0 saturated heterocycles. The van der Waals surface area contributed by atoms with Crippen LogP contribution in [0.1, 0.15) is 15.9 Å². The van der Waals surface area contributed by atoms with Gasteiger partial charge >= 0.3 is 0 Å². The Kier molecular flexibility index (Phi) is 4.46. The van der Waals surface area contributed by atoms with E-state index in [-0.39, 0.29) is 17.2 Å². The van der Waals surface area contributed by atoms with Crippen molar-refractivity contribution in [3.63, 3.8) is 0 Å². The first-order valence-corrected chi connectivity index (χ1v) is 6.21. The summed E-state index contributed by atoms with van der Waals surface area (Å²) in [6, 6.07) is 14.7. The van der Waals surface area contributed by atoms with Crippen LogP contribution in [0.5, 0.6) is 0 Å². The highest BCUT2D eigenvalue weighted by Crippen LogP contribution is 2.17. The molecule has 0 saturated carbocycles. The Labute approximate surface area is 121 Å². The number of ether oxygens (including phenoxy) is 1. The van der Waals surface area contributed by atoms with Gasteiger partial charge in [-0.3, -0.25) is 14.9 Å². The fourth-order valence-electron chi connectivity index (χ4n) is 1.79. The Balaban J connectivity index is 2.28. The summed E-state index contributed by atoms with van der Waals surface area (Å²) in [5.41, 5.74) is 1.18. The van der Waals surface area contributed by atoms with Gasteiger partial charge in [0.05, 0.1) is 12.0 Å². The summed E-state index contributed by atoms with van der Waals surface area (Å²) in [7, 11) is 1.41. The summed E-state index contributed by atoms with van der Waals surface area (Å²) in [4.78, 5) is 22.4. The number of hydrogen-bond acceptors (Lipinski definition) is 4. The van der Waals surface area contributed by atoms with Crippen molar-refractivity contribution in [2.24, 2.45) is 0 Å². The lowest BCUT2D eigenvalue weighted by Gasteiger charge is -2.05. The molecule has 0 heterocycles. The number of hydrogen-bond donors (Lipinski definition) is 0. The van der Waals surface area contributed by atoms with Crippen LogP contribution < -0.4 is 0 Å². The summed E-state index contributed by atoms with van der Waals surface area (Å²) in [6.45, 7) is 0. The normalized spacial score (nSPS) is 11.0. The Morgan fingerprint density at radius 3 is 2.24 bits per heavy atom. The van der Waals surface area contributed by atoms with Crippen LogP contribution in [0.2, 0.25) is 0 Å². The number of non-ortho nitro benzene ring substituents is 1. The van der Waals surface area contributed by atoms with Gasteiger partial charge in [-0.2, -0.15) is 0 Å². The van der Waals surface area contributed by atoms with Crippen LogP contribution in [0.25, 0.3) is 6.08 Å². The summed E-state index contributed by atoms with van der Waals surface area (Å²) in [6.07, 6.45) is 1.55. The summed E-state index contributed by atoms with van der Waals surface area (Å²) < 4.78 is 5.13. The second kappa shape index (κ2) is 6.47. The molecule has 5 heteroatoms. The minimum absolute atomic E-state index is 0.000466. The van der Waals surface area contributed by atoms with Crippen LogP contribution in [-0.2, 0) is 4.74 Å². The van der Waals surface area contributed by atoms with Crippen molar-refractivity contribution in [1.82, 2.24) is 0 Å². The number of allylic oxidation sites excluding steroid dienone is 1. The molecule has 21 heavy (non-hydrogen) atoms. The number of nitrogens with zero attached hydrogens (tertiary/aromatic N) is 1. The van der Waals surface area contributed by atoms with Crippen LogP contribution in [0.3, 0.4) is 0 Å². The first-order chi connectivity index (χ1) is 10.1. The van der Waals surface area contributed by atoms with Crippen molar-refractivity contribution >= 4 is 17.5 Å². The molecule has 0 radical (unpaired) electrons. The SMILES string of the molecule is COC(=Cc1ccc([N+](=O)[O-])cc1)C(=O)c1ccccc1. The van der Waals surface area contributed by atoms with Crippen LogP contribution in [0.4, 0.5) is 5.69 Å². The second-order valence-corrected chi connectivity index (χ2v) is 4.26. The molecule has 0 amide bonds. The van der Waals surface area contributed by atoms with Gasteiger partial charge in [0.2, 0.25) is 5.78 Å². The van der Waals surface area contributed by atoms with E-state index in [4.69, 9.17) is 4.74 Å². The van der Waals surface area contributed by atoms with Gasteiger partial charge in [0, 0.05) is 17.7 Å². The number of carbonyl (C=O) groups excluding carboxylic acids is 1. The molecule has 2 aromatic rings. The monoisotopic (exact) mass is 283 g/mol. The maximum atomic E-state index is 12.3. The predicted octanol–water partition coefficient (Wildman–Crippen LogP) is 3.47. The quantitative estimate of drug-likeness (QED) is 0.277. The van der Waals surface area contributed by atoms with Gasteiger partial charge in [-0.25, -0.2) is 0 Å².